The summed E-state index contributed by atoms with van der Waals surface area (Å²) in [5.41, 5.74) is 0. The van der Waals surface area contributed by atoms with Gasteiger partial charge in [0.1, 0.15) is 0 Å². The van der Waals surface area contributed by atoms with E-state index in [-0.39, 0.29) is 42.3 Å². The normalized spacial score (nSPS) is 33.0. The van der Waals surface area contributed by atoms with Gasteiger partial charge in [0.25, 0.3) is 0 Å². The van der Waals surface area contributed by atoms with E-state index in [1.807, 2.05) is 6.92 Å². The number of amides is 1. The Morgan fingerprint density at radius 2 is 2.10 bits per heavy atom. The van der Waals surface area contributed by atoms with Crippen LogP contribution in [0, 0.1) is 5.92 Å². The summed E-state index contributed by atoms with van der Waals surface area (Å²) in [6, 6.07) is -1.08. The molecule has 0 aromatic heterocycles. The van der Waals surface area contributed by atoms with Crippen molar-refractivity contribution in [3.63, 3.8) is 0 Å². The summed E-state index contributed by atoms with van der Waals surface area (Å²) < 4.78 is 23.3. The zero-order chi connectivity index (χ0) is 14.9. The fourth-order valence-corrected chi connectivity index (χ4v) is 4.42. The molecule has 1 amide bonds. The molecule has 8 heteroatoms. The molecule has 2 saturated heterocycles. The van der Waals surface area contributed by atoms with E-state index in [1.54, 1.807) is 0 Å². The number of sulfone groups is 1. The number of nitrogens with one attached hydrogen (secondary N) is 1. The lowest BCUT2D eigenvalue weighted by molar-refractivity contribution is -0.141. The SMILES string of the molecule is CC1CCNC1C(=O)N1CCS(=O)(=O)CC1CC(=O)O. The van der Waals surface area contributed by atoms with Gasteiger partial charge in [-0.2, -0.15) is 0 Å². The highest BCUT2D eigenvalue weighted by Crippen LogP contribution is 2.21. The van der Waals surface area contributed by atoms with Crippen LogP contribution < -0.4 is 5.32 Å². The predicted octanol–water partition coefficient (Wildman–Crippen LogP) is -0.915. The maximum atomic E-state index is 12.5. The Balaban J connectivity index is 2.15. The van der Waals surface area contributed by atoms with Gasteiger partial charge in [-0.1, -0.05) is 6.92 Å². The van der Waals surface area contributed by atoms with Crippen LogP contribution in [-0.4, -0.2) is 67.0 Å². The zero-order valence-corrected chi connectivity index (χ0v) is 12.2. The topological polar surface area (TPSA) is 104 Å². The molecule has 20 heavy (non-hydrogen) atoms. The van der Waals surface area contributed by atoms with E-state index < -0.39 is 21.8 Å². The van der Waals surface area contributed by atoms with Gasteiger partial charge in [0.15, 0.2) is 9.84 Å². The summed E-state index contributed by atoms with van der Waals surface area (Å²) in [6.45, 7) is 2.81. The van der Waals surface area contributed by atoms with Crippen molar-refractivity contribution in [2.45, 2.75) is 31.8 Å². The quantitative estimate of drug-likeness (QED) is 0.699. The molecule has 3 unspecified atom stereocenters. The van der Waals surface area contributed by atoms with E-state index in [2.05, 4.69) is 5.32 Å². The molecule has 0 aromatic carbocycles. The third-order valence-electron chi connectivity index (χ3n) is 4.02. The molecule has 2 rings (SSSR count). The van der Waals surface area contributed by atoms with Crippen LogP contribution in [0.5, 0.6) is 0 Å². The van der Waals surface area contributed by atoms with Gasteiger partial charge in [0.2, 0.25) is 5.91 Å². The second kappa shape index (κ2) is 5.69. The van der Waals surface area contributed by atoms with Gasteiger partial charge >= 0.3 is 5.97 Å². The monoisotopic (exact) mass is 304 g/mol. The van der Waals surface area contributed by atoms with Crippen LogP contribution in [0.15, 0.2) is 0 Å². The van der Waals surface area contributed by atoms with Gasteiger partial charge < -0.3 is 15.3 Å². The molecule has 0 saturated carbocycles. The average molecular weight is 304 g/mol. The minimum absolute atomic E-state index is 0.0873. The standard InChI is InChI=1S/C12H20N2O5S/c1-8-2-3-13-11(8)12(17)14-4-5-20(18,19)7-9(14)6-10(15)16/h8-9,11,13H,2-7H2,1H3,(H,15,16). The molecule has 2 aliphatic heterocycles. The molecular formula is C12H20N2O5S. The number of aliphatic carboxylic acids is 1. The fraction of sp³-hybridized carbons (Fsp3) is 0.833. The summed E-state index contributed by atoms with van der Waals surface area (Å²) in [5, 5.41) is 12.0. The van der Waals surface area contributed by atoms with Crippen molar-refractivity contribution in [3.05, 3.63) is 0 Å². The number of carbonyl (C=O) groups excluding carboxylic acids is 1. The Labute approximate surface area is 118 Å². The van der Waals surface area contributed by atoms with Crippen molar-refractivity contribution in [1.29, 1.82) is 0 Å². The minimum atomic E-state index is -3.26. The maximum absolute atomic E-state index is 12.5. The Kier molecular flexibility index (Phi) is 4.33. The number of rotatable bonds is 3. The Morgan fingerprint density at radius 3 is 2.65 bits per heavy atom. The van der Waals surface area contributed by atoms with Crippen molar-refractivity contribution in [3.8, 4) is 0 Å². The van der Waals surface area contributed by atoms with E-state index in [4.69, 9.17) is 5.11 Å². The molecule has 0 aliphatic carbocycles. The highest BCUT2D eigenvalue weighted by molar-refractivity contribution is 7.91. The third-order valence-corrected chi connectivity index (χ3v) is 5.72. The second-order valence-corrected chi connectivity index (χ2v) is 7.82. The first-order valence-electron chi connectivity index (χ1n) is 6.76. The summed E-state index contributed by atoms with van der Waals surface area (Å²) in [4.78, 5) is 24.8. The van der Waals surface area contributed by atoms with Crippen LogP contribution in [0.2, 0.25) is 0 Å². The molecular weight excluding hydrogens is 284 g/mol. The number of hydrogen-bond acceptors (Lipinski definition) is 5. The summed E-state index contributed by atoms with van der Waals surface area (Å²) in [7, 11) is -3.26. The molecule has 0 bridgehead atoms. The van der Waals surface area contributed by atoms with Gasteiger partial charge in [-0.3, -0.25) is 9.59 Å². The van der Waals surface area contributed by atoms with Crippen LogP contribution in [0.1, 0.15) is 19.8 Å². The van der Waals surface area contributed by atoms with Crippen molar-refractivity contribution in [2.24, 2.45) is 5.92 Å². The van der Waals surface area contributed by atoms with Gasteiger partial charge in [0.05, 0.1) is 30.0 Å². The Morgan fingerprint density at radius 1 is 1.40 bits per heavy atom. The lowest BCUT2D eigenvalue weighted by atomic mass is 10.0. The summed E-state index contributed by atoms with van der Waals surface area (Å²) >= 11 is 0. The fourth-order valence-electron chi connectivity index (χ4n) is 2.89. The molecule has 114 valence electrons. The first-order chi connectivity index (χ1) is 9.30. The number of carbonyl (C=O) groups is 2. The van der Waals surface area contributed by atoms with Crippen molar-refractivity contribution in [2.75, 3.05) is 24.6 Å². The molecule has 0 spiro atoms. The van der Waals surface area contributed by atoms with Crippen LogP contribution in [-0.2, 0) is 19.4 Å². The minimum Gasteiger partial charge on any atom is -0.481 e. The van der Waals surface area contributed by atoms with Crippen molar-refractivity contribution >= 4 is 21.7 Å². The van der Waals surface area contributed by atoms with Gasteiger partial charge in [-0.15, -0.1) is 0 Å². The lowest BCUT2D eigenvalue weighted by Gasteiger charge is -2.37. The number of carboxylic acids is 1. The van der Waals surface area contributed by atoms with Gasteiger partial charge in [-0.05, 0) is 18.9 Å². The zero-order valence-electron chi connectivity index (χ0n) is 11.4. The second-order valence-electron chi connectivity index (χ2n) is 5.60. The van der Waals surface area contributed by atoms with E-state index in [0.29, 0.717) is 0 Å². The summed E-state index contributed by atoms with van der Waals surface area (Å²) in [6.07, 6.45) is 0.568. The van der Waals surface area contributed by atoms with Crippen LogP contribution >= 0.6 is 0 Å². The number of hydrogen-bond donors (Lipinski definition) is 2. The molecule has 0 aromatic rings. The molecule has 3 atom stereocenters. The molecule has 2 aliphatic rings. The van der Waals surface area contributed by atoms with Crippen molar-refractivity contribution < 1.29 is 23.1 Å². The van der Waals surface area contributed by atoms with E-state index >= 15 is 0 Å². The first kappa shape index (κ1) is 15.2. The molecule has 2 N–H and O–H groups in total. The van der Waals surface area contributed by atoms with E-state index in [1.165, 1.54) is 4.90 Å². The molecule has 2 fully saturated rings. The number of nitrogens with zero attached hydrogens (tertiary/aromatic N) is 1. The molecule has 0 radical (unpaired) electrons. The highest BCUT2D eigenvalue weighted by Gasteiger charge is 2.40. The van der Waals surface area contributed by atoms with Crippen molar-refractivity contribution in [1.82, 2.24) is 10.2 Å². The smallest absolute Gasteiger partial charge is 0.305 e. The Bertz CT molecular complexity index is 504. The first-order valence-corrected chi connectivity index (χ1v) is 8.58. The molecule has 7 nitrogen and oxygen atoms in total. The average Bonchev–Trinajstić information content (AvgIpc) is 2.73. The van der Waals surface area contributed by atoms with E-state index in [0.717, 1.165) is 13.0 Å². The van der Waals surface area contributed by atoms with Gasteiger partial charge in [-0.25, -0.2) is 8.42 Å². The Hall–Kier alpha value is -1.15. The van der Waals surface area contributed by atoms with Gasteiger partial charge in [0, 0.05) is 6.54 Å². The molecule has 2 heterocycles. The highest BCUT2D eigenvalue weighted by atomic mass is 32.2. The predicted molar refractivity (Wildman–Crippen MR) is 72.0 cm³/mol. The lowest BCUT2D eigenvalue weighted by Crippen LogP contribution is -2.57. The number of carboxylic acid groups (broad SMARTS) is 1. The summed E-state index contributed by atoms with van der Waals surface area (Å²) in [5.74, 6) is -1.41. The van der Waals surface area contributed by atoms with Crippen LogP contribution in [0.3, 0.4) is 0 Å². The largest absolute Gasteiger partial charge is 0.481 e. The maximum Gasteiger partial charge on any atom is 0.305 e. The van der Waals surface area contributed by atoms with Crippen LogP contribution in [0.25, 0.3) is 0 Å². The van der Waals surface area contributed by atoms with Crippen LogP contribution in [0.4, 0.5) is 0 Å². The van der Waals surface area contributed by atoms with E-state index in [9.17, 15) is 18.0 Å². The third kappa shape index (κ3) is 3.29.